The third kappa shape index (κ3) is 3.61. The molecule has 144 valence electrons. The van der Waals surface area contributed by atoms with Gasteiger partial charge in [-0.1, -0.05) is 0 Å². The van der Waals surface area contributed by atoms with Gasteiger partial charge in [-0.05, 0) is 12.1 Å². The molecule has 3 rings (SSSR count). The lowest BCUT2D eigenvalue weighted by atomic mass is 9.98. The summed E-state index contributed by atoms with van der Waals surface area (Å²) in [6.45, 7) is -0.311. The fourth-order valence-corrected chi connectivity index (χ4v) is 3.09. The molecule has 1 saturated heterocycles. The molecule has 27 heavy (non-hydrogen) atoms. The van der Waals surface area contributed by atoms with Gasteiger partial charge in [0.25, 0.3) is 11.8 Å². The summed E-state index contributed by atoms with van der Waals surface area (Å²) in [5, 5.41) is 12.3. The Morgan fingerprint density at radius 3 is 2.85 bits per heavy atom. The molecule has 0 unspecified atom stereocenters. The van der Waals surface area contributed by atoms with E-state index in [1.54, 1.807) is 6.07 Å². The van der Waals surface area contributed by atoms with Crippen molar-refractivity contribution >= 4 is 22.7 Å². The highest BCUT2D eigenvalue weighted by atomic mass is 19.1. The summed E-state index contributed by atoms with van der Waals surface area (Å²) in [6.07, 6.45) is -0.156. The zero-order valence-corrected chi connectivity index (χ0v) is 14.5. The van der Waals surface area contributed by atoms with Crippen molar-refractivity contribution in [1.82, 2.24) is 15.3 Å². The molecule has 4 N–H and O–H groups in total. The van der Waals surface area contributed by atoms with Crippen molar-refractivity contribution in [3.8, 4) is 11.6 Å². The van der Waals surface area contributed by atoms with Crippen LogP contribution in [-0.4, -0.2) is 59.4 Å². The molecule has 2 heterocycles. The van der Waals surface area contributed by atoms with E-state index in [9.17, 15) is 19.1 Å². The van der Waals surface area contributed by atoms with E-state index in [1.807, 2.05) is 0 Å². The maximum absolute atomic E-state index is 13.7. The van der Waals surface area contributed by atoms with E-state index in [0.29, 0.717) is 17.3 Å². The molecule has 0 spiro atoms. The van der Waals surface area contributed by atoms with Crippen molar-refractivity contribution in [2.75, 3.05) is 20.3 Å². The molecule has 9 nitrogen and oxygen atoms in total. The number of hydrogen-bond donors (Lipinski definition) is 3. The number of methoxy groups -OCH3 is 1. The summed E-state index contributed by atoms with van der Waals surface area (Å²) in [5.74, 6) is -1.67. The Labute approximate surface area is 153 Å². The number of rotatable bonds is 7. The van der Waals surface area contributed by atoms with Crippen LogP contribution in [0.1, 0.15) is 16.8 Å². The van der Waals surface area contributed by atoms with Gasteiger partial charge in [-0.3, -0.25) is 9.59 Å². The van der Waals surface area contributed by atoms with Gasteiger partial charge >= 0.3 is 0 Å². The number of primary amides is 1. The van der Waals surface area contributed by atoms with Gasteiger partial charge in [0.2, 0.25) is 5.88 Å². The molecule has 1 aromatic carbocycles. The van der Waals surface area contributed by atoms with Crippen LogP contribution in [0, 0.1) is 5.92 Å². The van der Waals surface area contributed by atoms with Crippen molar-refractivity contribution in [2.24, 2.45) is 11.7 Å². The van der Waals surface area contributed by atoms with E-state index >= 15 is 0 Å². The summed E-state index contributed by atoms with van der Waals surface area (Å²) in [4.78, 5) is 31.1. The summed E-state index contributed by atoms with van der Waals surface area (Å²) in [6, 6.07) is 2.51. The number of alkyl halides is 1. The van der Waals surface area contributed by atoms with Crippen LogP contribution in [0.25, 0.3) is 10.9 Å². The number of carbonyl (C=O) groups is 2. The Morgan fingerprint density at radius 2 is 2.19 bits per heavy atom. The number of hydrogen-bond acceptors (Lipinski definition) is 7. The molecule has 1 aliphatic rings. The topological polar surface area (TPSA) is 137 Å². The molecule has 3 atom stereocenters. The lowest BCUT2D eigenvalue weighted by Crippen LogP contribution is -2.32. The molecule has 0 radical (unpaired) electrons. The first-order valence-electron chi connectivity index (χ1n) is 8.27. The minimum absolute atomic E-state index is 0.125. The van der Waals surface area contributed by atoms with Crippen molar-refractivity contribution in [1.29, 1.82) is 0 Å². The number of nitrogens with one attached hydrogen (secondary N) is 1. The van der Waals surface area contributed by atoms with E-state index in [4.69, 9.17) is 15.2 Å². The maximum atomic E-state index is 13.7. The van der Waals surface area contributed by atoms with Gasteiger partial charge in [0.15, 0.2) is 6.17 Å². The lowest BCUT2D eigenvalue weighted by Gasteiger charge is -2.17. The molecule has 1 aromatic heterocycles. The van der Waals surface area contributed by atoms with Gasteiger partial charge < -0.3 is 25.6 Å². The molecule has 1 aliphatic heterocycles. The predicted molar refractivity (Wildman–Crippen MR) is 92.1 cm³/mol. The Balaban J connectivity index is 1.77. The SMILES string of the molecule is COc1cc2c(OCC[C@H]3NC(=O)[C@@H](F)[C@H]3CO)ncnc2cc1C(N)=O. The van der Waals surface area contributed by atoms with Crippen LogP contribution in [0.5, 0.6) is 11.6 Å². The monoisotopic (exact) mass is 378 g/mol. The average molecular weight is 378 g/mol. The zero-order valence-electron chi connectivity index (χ0n) is 14.5. The fraction of sp³-hybridized carbons (Fsp3) is 0.412. The number of aliphatic hydroxyl groups is 1. The highest BCUT2D eigenvalue weighted by molar-refractivity contribution is 6.00. The van der Waals surface area contributed by atoms with Crippen molar-refractivity contribution < 1.29 is 28.6 Å². The molecule has 1 fully saturated rings. The standard InChI is InChI=1S/C17H19FN4O5/c1-26-13-5-8-12(4-9(13)15(19)24)20-7-21-17(8)27-3-2-11-10(6-23)14(18)16(25)22-11/h4-5,7,10-11,14,23H,2-3,6H2,1H3,(H2,19,24)(H,22,25)/t10-,11+,14-/m0/s1. The van der Waals surface area contributed by atoms with E-state index < -0.39 is 36.6 Å². The number of nitrogens with two attached hydrogens (primary N) is 1. The first kappa shape index (κ1) is 18.8. The Morgan fingerprint density at radius 1 is 1.41 bits per heavy atom. The average Bonchev–Trinajstić information content (AvgIpc) is 2.93. The Kier molecular flexibility index (Phi) is 5.36. The summed E-state index contributed by atoms with van der Waals surface area (Å²) >= 11 is 0. The van der Waals surface area contributed by atoms with Crippen molar-refractivity contribution in [2.45, 2.75) is 18.6 Å². The smallest absolute Gasteiger partial charge is 0.255 e. The van der Waals surface area contributed by atoms with Crippen LogP contribution in [-0.2, 0) is 4.79 Å². The van der Waals surface area contributed by atoms with E-state index in [1.165, 1.54) is 19.5 Å². The number of fused-ring (bicyclic) bond motifs is 1. The van der Waals surface area contributed by atoms with E-state index in [2.05, 4.69) is 15.3 Å². The minimum atomic E-state index is -1.73. The normalized spacial score (nSPS) is 21.9. The van der Waals surface area contributed by atoms with Crippen molar-refractivity contribution in [3.05, 3.63) is 24.0 Å². The molecule has 0 saturated carbocycles. The second-order valence-corrected chi connectivity index (χ2v) is 6.11. The van der Waals surface area contributed by atoms with E-state index in [0.717, 1.165) is 0 Å². The summed E-state index contributed by atoms with van der Waals surface area (Å²) in [7, 11) is 1.41. The molecular formula is C17H19FN4O5. The Hall–Kier alpha value is -3.01. The van der Waals surface area contributed by atoms with Crippen LogP contribution in [0.15, 0.2) is 18.5 Å². The quantitative estimate of drug-likeness (QED) is 0.614. The van der Waals surface area contributed by atoms with Crippen LogP contribution in [0.2, 0.25) is 0 Å². The number of nitrogens with zero attached hydrogens (tertiary/aromatic N) is 2. The number of halogens is 1. The zero-order chi connectivity index (χ0) is 19.6. The fourth-order valence-electron chi connectivity index (χ4n) is 3.09. The molecular weight excluding hydrogens is 359 g/mol. The number of aliphatic hydroxyl groups excluding tert-OH is 1. The Bertz CT molecular complexity index is 878. The minimum Gasteiger partial charge on any atom is -0.496 e. The van der Waals surface area contributed by atoms with E-state index in [-0.39, 0.29) is 23.8 Å². The molecule has 0 aliphatic carbocycles. The highest BCUT2D eigenvalue weighted by Gasteiger charge is 2.41. The second-order valence-electron chi connectivity index (χ2n) is 6.11. The predicted octanol–water partition coefficient (Wildman–Crippen LogP) is -0.0488. The molecule has 2 aromatic rings. The summed E-state index contributed by atoms with van der Waals surface area (Å²) in [5.41, 5.74) is 5.97. The highest BCUT2D eigenvalue weighted by Crippen LogP contribution is 2.30. The molecule has 0 bridgehead atoms. The lowest BCUT2D eigenvalue weighted by molar-refractivity contribution is -0.124. The third-order valence-corrected chi connectivity index (χ3v) is 4.53. The van der Waals surface area contributed by atoms with Gasteiger partial charge in [0.1, 0.15) is 12.1 Å². The van der Waals surface area contributed by atoms with Crippen LogP contribution in [0.4, 0.5) is 4.39 Å². The van der Waals surface area contributed by atoms with Crippen LogP contribution in [0.3, 0.4) is 0 Å². The maximum Gasteiger partial charge on any atom is 0.255 e. The number of amides is 2. The van der Waals surface area contributed by atoms with Gasteiger partial charge in [0.05, 0.1) is 36.8 Å². The van der Waals surface area contributed by atoms with Gasteiger partial charge in [0, 0.05) is 18.4 Å². The van der Waals surface area contributed by atoms with Gasteiger partial charge in [-0.25, -0.2) is 14.4 Å². The van der Waals surface area contributed by atoms with Crippen molar-refractivity contribution in [3.63, 3.8) is 0 Å². The molecule has 2 amide bonds. The first-order chi connectivity index (χ1) is 13.0. The number of ether oxygens (including phenoxy) is 2. The van der Waals surface area contributed by atoms with Crippen LogP contribution >= 0.6 is 0 Å². The largest absolute Gasteiger partial charge is 0.496 e. The van der Waals surface area contributed by atoms with Gasteiger partial charge in [-0.2, -0.15) is 0 Å². The first-order valence-corrected chi connectivity index (χ1v) is 8.27. The third-order valence-electron chi connectivity index (χ3n) is 4.53. The second kappa shape index (κ2) is 7.70. The number of benzene rings is 1. The number of aromatic nitrogens is 2. The van der Waals surface area contributed by atoms with Crippen LogP contribution < -0.4 is 20.5 Å². The number of carbonyl (C=O) groups excluding carboxylic acids is 2. The van der Waals surface area contributed by atoms with Gasteiger partial charge in [-0.15, -0.1) is 0 Å². The molecule has 10 heteroatoms. The summed E-state index contributed by atoms with van der Waals surface area (Å²) < 4.78 is 24.5.